The molecule has 5 heteroatoms. The monoisotopic (exact) mass is 249 g/mol. The van der Waals surface area contributed by atoms with E-state index < -0.39 is 5.97 Å². The number of hydrogen-bond acceptors (Lipinski definition) is 3. The Kier molecular flexibility index (Phi) is 2.86. The molecule has 1 aromatic heterocycles. The van der Waals surface area contributed by atoms with Gasteiger partial charge >= 0.3 is 5.97 Å². The Labute approximate surface area is 106 Å². The second-order valence-corrected chi connectivity index (χ2v) is 5.56. The molecule has 5 nitrogen and oxygen atoms in total. The molecule has 1 N–H and O–H groups in total. The molecule has 1 aromatic rings. The van der Waals surface area contributed by atoms with Crippen LogP contribution in [0.25, 0.3) is 0 Å². The minimum atomic E-state index is -0.661. The van der Waals surface area contributed by atoms with Gasteiger partial charge in [0.25, 0.3) is 0 Å². The highest BCUT2D eigenvalue weighted by molar-refractivity contribution is 5.74. The third-order valence-corrected chi connectivity index (χ3v) is 4.52. The van der Waals surface area contributed by atoms with E-state index >= 15 is 0 Å². The van der Waals surface area contributed by atoms with E-state index in [1.165, 1.54) is 12.8 Å². The zero-order chi connectivity index (χ0) is 12.7. The summed E-state index contributed by atoms with van der Waals surface area (Å²) < 4.78 is 1.97. The van der Waals surface area contributed by atoms with Crippen molar-refractivity contribution < 1.29 is 9.90 Å². The number of imidazole rings is 1. The van der Waals surface area contributed by atoms with Gasteiger partial charge in [0, 0.05) is 26.3 Å². The third-order valence-electron chi connectivity index (χ3n) is 4.52. The SMILES string of the molecule is Cn1cncc1CN1CC2CCCC2C1C(=O)O. The molecule has 2 heterocycles. The van der Waals surface area contributed by atoms with Crippen LogP contribution in [-0.4, -0.2) is 38.1 Å². The number of carboxylic acids is 1. The van der Waals surface area contributed by atoms with Crippen molar-refractivity contribution in [3.05, 3.63) is 18.2 Å². The van der Waals surface area contributed by atoms with Gasteiger partial charge in [0.2, 0.25) is 0 Å². The summed E-state index contributed by atoms with van der Waals surface area (Å²) in [5.41, 5.74) is 1.08. The van der Waals surface area contributed by atoms with Crippen molar-refractivity contribution in [1.29, 1.82) is 0 Å². The summed E-state index contributed by atoms with van der Waals surface area (Å²) in [6, 6.07) is -0.299. The number of likely N-dealkylation sites (tertiary alicyclic amines) is 1. The van der Waals surface area contributed by atoms with Gasteiger partial charge < -0.3 is 9.67 Å². The number of fused-ring (bicyclic) bond motifs is 1. The molecule has 1 saturated heterocycles. The van der Waals surface area contributed by atoms with E-state index in [0.29, 0.717) is 18.4 Å². The fourth-order valence-electron chi connectivity index (χ4n) is 3.64. The molecule has 2 fully saturated rings. The van der Waals surface area contributed by atoms with Gasteiger partial charge in [-0.05, 0) is 24.7 Å². The second kappa shape index (κ2) is 4.39. The lowest BCUT2D eigenvalue weighted by molar-refractivity contribution is -0.143. The standard InChI is InChI=1S/C13H19N3O2/c1-15-8-14-5-10(15)7-16-6-9-3-2-4-11(9)12(16)13(17)18/h5,8-9,11-12H,2-4,6-7H2,1H3,(H,17,18). The number of rotatable bonds is 3. The van der Waals surface area contributed by atoms with Gasteiger partial charge in [-0.1, -0.05) is 6.42 Å². The van der Waals surface area contributed by atoms with Gasteiger partial charge in [0.15, 0.2) is 0 Å². The molecular formula is C13H19N3O2. The Bertz CT molecular complexity index is 457. The maximum Gasteiger partial charge on any atom is 0.321 e. The number of carboxylic acid groups (broad SMARTS) is 1. The molecule has 3 rings (SSSR count). The largest absolute Gasteiger partial charge is 0.480 e. The van der Waals surface area contributed by atoms with Crippen LogP contribution in [0.2, 0.25) is 0 Å². The normalized spacial score (nSPS) is 31.7. The van der Waals surface area contributed by atoms with E-state index in [-0.39, 0.29) is 6.04 Å². The zero-order valence-corrected chi connectivity index (χ0v) is 10.6. The Morgan fingerprint density at radius 3 is 3.06 bits per heavy atom. The number of aryl methyl sites for hydroxylation is 1. The average Bonchev–Trinajstić information content (AvgIpc) is 2.95. The van der Waals surface area contributed by atoms with Gasteiger partial charge in [-0.3, -0.25) is 9.69 Å². The smallest absolute Gasteiger partial charge is 0.321 e. The minimum Gasteiger partial charge on any atom is -0.480 e. The fraction of sp³-hybridized carbons (Fsp3) is 0.692. The first kappa shape index (κ1) is 11.7. The van der Waals surface area contributed by atoms with Crippen LogP contribution >= 0.6 is 0 Å². The molecule has 0 bridgehead atoms. The van der Waals surface area contributed by atoms with Gasteiger partial charge in [0.05, 0.1) is 12.0 Å². The third kappa shape index (κ3) is 1.82. The lowest BCUT2D eigenvalue weighted by Crippen LogP contribution is -2.39. The molecule has 1 aliphatic carbocycles. The minimum absolute atomic E-state index is 0.299. The van der Waals surface area contributed by atoms with Crippen LogP contribution in [0.1, 0.15) is 25.0 Å². The summed E-state index contributed by atoms with van der Waals surface area (Å²) in [6.45, 7) is 1.62. The maximum atomic E-state index is 11.5. The predicted octanol–water partition coefficient (Wildman–Crippen LogP) is 1.11. The van der Waals surface area contributed by atoms with Crippen LogP contribution in [0.3, 0.4) is 0 Å². The molecule has 2 aliphatic rings. The first-order valence-corrected chi connectivity index (χ1v) is 6.59. The number of aliphatic carboxylic acids is 1. The van der Waals surface area contributed by atoms with Crippen LogP contribution < -0.4 is 0 Å². The molecule has 18 heavy (non-hydrogen) atoms. The fourth-order valence-corrected chi connectivity index (χ4v) is 3.64. The predicted molar refractivity (Wildman–Crippen MR) is 65.9 cm³/mol. The summed E-state index contributed by atoms with van der Waals surface area (Å²) in [7, 11) is 1.95. The van der Waals surface area contributed by atoms with Gasteiger partial charge in [-0.25, -0.2) is 4.98 Å². The number of carbonyl (C=O) groups is 1. The number of aromatic nitrogens is 2. The van der Waals surface area contributed by atoms with Crippen molar-refractivity contribution in [1.82, 2.24) is 14.5 Å². The van der Waals surface area contributed by atoms with Crippen molar-refractivity contribution in [2.45, 2.75) is 31.8 Å². The van der Waals surface area contributed by atoms with E-state index in [4.69, 9.17) is 0 Å². The first-order valence-electron chi connectivity index (χ1n) is 6.59. The highest BCUT2D eigenvalue weighted by Gasteiger charge is 2.47. The van der Waals surface area contributed by atoms with E-state index in [2.05, 4.69) is 9.88 Å². The van der Waals surface area contributed by atoms with Gasteiger partial charge in [0.1, 0.15) is 6.04 Å². The van der Waals surface area contributed by atoms with Gasteiger partial charge in [-0.2, -0.15) is 0 Å². The van der Waals surface area contributed by atoms with Crippen LogP contribution in [0.5, 0.6) is 0 Å². The quantitative estimate of drug-likeness (QED) is 0.871. The lowest BCUT2D eigenvalue weighted by Gasteiger charge is -2.24. The molecular weight excluding hydrogens is 230 g/mol. The summed E-state index contributed by atoms with van der Waals surface area (Å²) in [5.74, 6) is 0.279. The topological polar surface area (TPSA) is 58.4 Å². The van der Waals surface area contributed by atoms with Crippen molar-refractivity contribution in [3.63, 3.8) is 0 Å². The Morgan fingerprint density at radius 1 is 1.56 bits per heavy atom. The van der Waals surface area contributed by atoms with E-state index in [1.54, 1.807) is 6.33 Å². The Morgan fingerprint density at radius 2 is 2.39 bits per heavy atom. The molecule has 0 amide bonds. The van der Waals surface area contributed by atoms with Crippen LogP contribution in [0.4, 0.5) is 0 Å². The van der Waals surface area contributed by atoms with Crippen LogP contribution in [0, 0.1) is 11.8 Å². The number of nitrogens with zero attached hydrogens (tertiary/aromatic N) is 3. The highest BCUT2D eigenvalue weighted by atomic mass is 16.4. The van der Waals surface area contributed by atoms with Gasteiger partial charge in [-0.15, -0.1) is 0 Å². The first-order chi connectivity index (χ1) is 8.66. The van der Waals surface area contributed by atoms with Crippen LogP contribution in [-0.2, 0) is 18.4 Å². The van der Waals surface area contributed by atoms with Crippen molar-refractivity contribution >= 4 is 5.97 Å². The van der Waals surface area contributed by atoms with E-state index in [0.717, 1.165) is 18.7 Å². The number of hydrogen-bond donors (Lipinski definition) is 1. The molecule has 1 saturated carbocycles. The molecule has 3 atom stereocenters. The highest BCUT2D eigenvalue weighted by Crippen LogP contribution is 2.42. The van der Waals surface area contributed by atoms with Crippen molar-refractivity contribution in [2.24, 2.45) is 18.9 Å². The summed E-state index contributed by atoms with van der Waals surface area (Å²) >= 11 is 0. The van der Waals surface area contributed by atoms with E-state index in [1.807, 2.05) is 17.8 Å². The molecule has 0 radical (unpaired) electrons. The maximum absolute atomic E-state index is 11.5. The lowest BCUT2D eigenvalue weighted by atomic mass is 9.94. The van der Waals surface area contributed by atoms with Crippen molar-refractivity contribution in [3.8, 4) is 0 Å². The van der Waals surface area contributed by atoms with Crippen molar-refractivity contribution in [2.75, 3.05) is 6.54 Å². The summed E-state index contributed by atoms with van der Waals surface area (Å²) in [6.07, 6.45) is 7.05. The zero-order valence-electron chi connectivity index (χ0n) is 10.6. The molecule has 0 spiro atoms. The summed E-state index contributed by atoms with van der Waals surface area (Å²) in [4.78, 5) is 17.7. The van der Waals surface area contributed by atoms with E-state index in [9.17, 15) is 9.90 Å². The molecule has 0 aromatic carbocycles. The van der Waals surface area contributed by atoms with Crippen LogP contribution in [0.15, 0.2) is 12.5 Å². The molecule has 1 aliphatic heterocycles. The summed E-state index contributed by atoms with van der Waals surface area (Å²) in [5, 5.41) is 9.46. The molecule has 98 valence electrons. The Hall–Kier alpha value is -1.36. The second-order valence-electron chi connectivity index (χ2n) is 5.56. The Balaban J connectivity index is 1.79. The average molecular weight is 249 g/mol. The molecule has 3 unspecified atom stereocenters.